The minimum atomic E-state index is -4.74. The number of alkyl halides is 3. The molecule has 138 valence electrons. The summed E-state index contributed by atoms with van der Waals surface area (Å²) in [6.07, 6.45) is -3.84. The van der Waals surface area contributed by atoms with Gasteiger partial charge in [0.1, 0.15) is 5.75 Å². The van der Waals surface area contributed by atoms with Crippen molar-refractivity contribution in [3.63, 3.8) is 0 Å². The maximum absolute atomic E-state index is 12.2. The van der Waals surface area contributed by atoms with E-state index in [1.54, 1.807) is 4.68 Å². The highest BCUT2D eigenvalue weighted by atomic mass is 32.2. The van der Waals surface area contributed by atoms with Gasteiger partial charge in [-0.2, -0.15) is 4.68 Å². The lowest BCUT2D eigenvalue weighted by atomic mass is 10.3. The van der Waals surface area contributed by atoms with E-state index in [0.717, 1.165) is 6.42 Å². The molecule has 0 aliphatic carbocycles. The summed E-state index contributed by atoms with van der Waals surface area (Å²) in [6, 6.07) is 5.26. The van der Waals surface area contributed by atoms with Crippen molar-refractivity contribution >= 4 is 11.8 Å². The zero-order chi connectivity index (χ0) is 18.6. The molecular formula is C13H13F3N8OS. The largest absolute Gasteiger partial charge is 0.573 e. The molecule has 0 unspecified atom stereocenters. The van der Waals surface area contributed by atoms with Gasteiger partial charge < -0.3 is 4.74 Å². The molecule has 0 amide bonds. The normalized spacial score (nSPS) is 11.7. The van der Waals surface area contributed by atoms with E-state index < -0.39 is 6.36 Å². The summed E-state index contributed by atoms with van der Waals surface area (Å²) in [5.41, 5.74) is 0.500. The Morgan fingerprint density at radius 1 is 1.08 bits per heavy atom. The second-order valence-electron chi connectivity index (χ2n) is 5.02. The van der Waals surface area contributed by atoms with Gasteiger partial charge in [0.2, 0.25) is 5.16 Å². The highest BCUT2D eigenvalue weighted by molar-refractivity contribution is 7.98. The molecule has 9 nitrogen and oxygen atoms in total. The van der Waals surface area contributed by atoms with E-state index in [4.69, 9.17) is 0 Å². The lowest BCUT2D eigenvalue weighted by Gasteiger charge is -2.09. The number of hydrogen-bond acceptors (Lipinski definition) is 8. The number of benzene rings is 1. The van der Waals surface area contributed by atoms with Crippen LogP contribution in [0.5, 0.6) is 5.75 Å². The van der Waals surface area contributed by atoms with Crippen LogP contribution in [0.2, 0.25) is 0 Å². The molecule has 0 saturated heterocycles. The van der Waals surface area contributed by atoms with Crippen LogP contribution in [0.25, 0.3) is 5.69 Å². The fourth-order valence-corrected chi connectivity index (χ4v) is 2.88. The van der Waals surface area contributed by atoms with Crippen LogP contribution in [0.3, 0.4) is 0 Å². The molecule has 0 atom stereocenters. The molecule has 0 spiro atoms. The highest BCUT2D eigenvalue weighted by Crippen LogP contribution is 2.25. The van der Waals surface area contributed by atoms with Crippen LogP contribution in [-0.4, -0.2) is 46.8 Å². The van der Waals surface area contributed by atoms with Gasteiger partial charge in [0.15, 0.2) is 5.82 Å². The average molecular weight is 386 g/mol. The van der Waals surface area contributed by atoms with Crippen molar-refractivity contribution in [2.45, 2.75) is 37.2 Å². The van der Waals surface area contributed by atoms with Gasteiger partial charge in [0, 0.05) is 6.54 Å². The molecule has 0 bridgehead atoms. The number of rotatable bonds is 7. The molecular weight excluding hydrogens is 373 g/mol. The maximum atomic E-state index is 12.2. The molecule has 0 radical (unpaired) electrons. The lowest BCUT2D eigenvalue weighted by Crippen LogP contribution is -2.17. The number of tetrazole rings is 2. The third-order valence-corrected chi connectivity index (χ3v) is 4.04. The van der Waals surface area contributed by atoms with E-state index in [1.807, 2.05) is 6.92 Å². The van der Waals surface area contributed by atoms with Gasteiger partial charge in [0.25, 0.3) is 0 Å². The zero-order valence-corrected chi connectivity index (χ0v) is 14.3. The number of nitrogens with zero attached hydrogens (tertiary/aromatic N) is 8. The Balaban J connectivity index is 1.71. The predicted molar refractivity (Wildman–Crippen MR) is 83.5 cm³/mol. The third-order valence-electron chi connectivity index (χ3n) is 3.13. The van der Waals surface area contributed by atoms with Gasteiger partial charge in [-0.15, -0.1) is 23.4 Å². The van der Waals surface area contributed by atoms with Crippen molar-refractivity contribution in [1.82, 2.24) is 40.4 Å². The fourth-order valence-electron chi connectivity index (χ4n) is 2.06. The van der Waals surface area contributed by atoms with Crippen LogP contribution >= 0.6 is 11.8 Å². The summed E-state index contributed by atoms with van der Waals surface area (Å²) in [5.74, 6) is 0.811. The van der Waals surface area contributed by atoms with Gasteiger partial charge in [-0.1, -0.05) is 18.7 Å². The van der Waals surface area contributed by atoms with Crippen LogP contribution < -0.4 is 4.74 Å². The standard InChI is InChI=1S/C13H13F3N8OS/c1-2-7-23-11(17-19-21-23)8-26-12-18-20-22-24(12)9-3-5-10(6-4-9)25-13(14,15)16/h3-6H,2,7-8H2,1H3. The van der Waals surface area contributed by atoms with E-state index in [9.17, 15) is 13.2 Å². The van der Waals surface area contributed by atoms with Crippen molar-refractivity contribution in [2.24, 2.45) is 0 Å². The predicted octanol–water partition coefficient (Wildman–Crippen LogP) is 2.25. The molecule has 2 aromatic heterocycles. The van der Waals surface area contributed by atoms with Crippen molar-refractivity contribution < 1.29 is 17.9 Å². The molecule has 0 N–H and O–H groups in total. The first kappa shape index (κ1) is 18.1. The first-order chi connectivity index (χ1) is 12.5. The molecule has 0 fully saturated rings. The van der Waals surface area contributed by atoms with Gasteiger partial charge >= 0.3 is 6.36 Å². The Morgan fingerprint density at radius 2 is 1.81 bits per heavy atom. The number of thioether (sulfide) groups is 1. The van der Waals surface area contributed by atoms with E-state index in [2.05, 4.69) is 35.8 Å². The second-order valence-corrected chi connectivity index (χ2v) is 5.96. The molecule has 0 aliphatic heterocycles. The Hall–Kier alpha value is -2.70. The Morgan fingerprint density at radius 3 is 2.50 bits per heavy atom. The number of hydrogen-bond donors (Lipinski definition) is 0. The minimum Gasteiger partial charge on any atom is -0.406 e. The molecule has 0 aliphatic rings. The molecule has 0 saturated carbocycles. The van der Waals surface area contributed by atoms with Crippen molar-refractivity contribution in [3.05, 3.63) is 30.1 Å². The summed E-state index contributed by atoms with van der Waals surface area (Å²) in [6.45, 7) is 2.72. The van der Waals surface area contributed by atoms with Crippen molar-refractivity contribution in [3.8, 4) is 11.4 Å². The van der Waals surface area contributed by atoms with E-state index in [1.165, 1.54) is 40.7 Å². The summed E-state index contributed by atoms with van der Waals surface area (Å²) in [7, 11) is 0. The highest BCUT2D eigenvalue weighted by Gasteiger charge is 2.31. The van der Waals surface area contributed by atoms with Gasteiger partial charge in [-0.25, -0.2) is 4.68 Å². The molecule has 3 aromatic rings. The Bertz CT molecular complexity index is 848. The molecule has 26 heavy (non-hydrogen) atoms. The Labute approximate surface area is 149 Å². The number of halogens is 3. The first-order valence-corrected chi connectivity index (χ1v) is 8.47. The number of ether oxygens (including phenoxy) is 1. The monoisotopic (exact) mass is 386 g/mol. The molecule has 2 heterocycles. The minimum absolute atomic E-state index is 0.317. The summed E-state index contributed by atoms with van der Waals surface area (Å²) in [4.78, 5) is 0. The fraction of sp³-hybridized carbons (Fsp3) is 0.385. The summed E-state index contributed by atoms with van der Waals surface area (Å²) < 4.78 is 43.6. The van der Waals surface area contributed by atoms with E-state index in [0.29, 0.717) is 29.0 Å². The van der Waals surface area contributed by atoms with Crippen molar-refractivity contribution in [1.29, 1.82) is 0 Å². The second kappa shape index (κ2) is 7.68. The topological polar surface area (TPSA) is 96.4 Å². The number of aryl methyl sites for hydroxylation is 1. The molecule has 13 heteroatoms. The molecule has 1 aromatic carbocycles. The van der Waals surface area contributed by atoms with Gasteiger partial charge in [-0.05, 0) is 51.5 Å². The Kier molecular flexibility index (Phi) is 5.35. The van der Waals surface area contributed by atoms with Crippen molar-refractivity contribution in [2.75, 3.05) is 0 Å². The average Bonchev–Trinajstić information content (AvgIpc) is 3.22. The van der Waals surface area contributed by atoms with E-state index >= 15 is 0 Å². The SMILES string of the molecule is CCCn1nnnc1CSc1nnnn1-c1ccc(OC(F)(F)F)cc1. The zero-order valence-electron chi connectivity index (χ0n) is 13.5. The first-order valence-electron chi connectivity index (χ1n) is 7.48. The quantitative estimate of drug-likeness (QED) is 0.571. The van der Waals surface area contributed by atoms with Gasteiger partial charge in [-0.3, -0.25) is 0 Å². The van der Waals surface area contributed by atoms with Crippen LogP contribution in [0.15, 0.2) is 29.4 Å². The van der Waals surface area contributed by atoms with Crippen LogP contribution in [0.1, 0.15) is 19.2 Å². The number of aromatic nitrogens is 8. The smallest absolute Gasteiger partial charge is 0.406 e. The molecule has 3 rings (SSSR count). The van der Waals surface area contributed by atoms with Crippen LogP contribution in [-0.2, 0) is 12.3 Å². The lowest BCUT2D eigenvalue weighted by molar-refractivity contribution is -0.274. The summed E-state index contributed by atoms with van der Waals surface area (Å²) in [5, 5.41) is 23.4. The van der Waals surface area contributed by atoms with Crippen LogP contribution in [0, 0.1) is 0 Å². The van der Waals surface area contributed by atoms with E-state index in [-0.39, 0.29) is 5.75 Å². The third kappa shape index (κ3) is 4.47. The van der Waals surface area contributed by atoms with Crippen LogP contribution in [0.4, 0.5) is 13.2 Å². The summed E-state index contributed by atoms with van der Waals surface area (Å²) >= 11 is 1.31. The maximum Gasteiger partial charge on any atom is 0.573 e. The van der Waals surface area contributed by atoms with Gasteiger partial charge in [0.05, 0.1) is 11.4 Å².